The largest absolute Gasteiger partial charge is 0.451 e. The predicted molar refractivity (Wildman–Crippen MR) is 96.7 cm³/mol. The topological polar surface area (TPSA) is 71.8 Å². The molecule has 4 rings (SSSR count). The van der Waals surface area contributed by atoms with Gasteiger partial charge in [-0.05, 0) is 31.7 Å². The van der Waals surface area contributed by atoms with Crippen LogP contribution in [0.2, 0.25) is 0 Å². The summed E-state index contributed by atoms with van der Waals surface area (Å²) < 4.78 is 11.1. The number of fused-ring (bicyclic) bond motifs is 1. The molecule has 2 aromatic rings. The number of nitrogens with zero attached hydrogens (tertiary/aromatic N) is 1. The molecule has 138 valence electrons. The maximum absolute atomic E-state index is 13.0. The van der Waals surface area contributed by atoms with Gasteiger partial charge in [0.15, 0.2) is 5.76 Å². The van der Waals surface area contributed by atoms with Gasteiger partial charge in [0.2, 0.25) is 5.91 Å². The standard InChI is InChI=1S/C20H24N2O4/c1-25-12-16-15-4-2-3-5-17(15)26-18(16)20(24)22-10-8-13(9-11-22)19(23)21-14-6-7-14/h2-5,13-14H,6-12H2,1H3,(H,21,23). The first-order valence-corrected chi connectivity index (χ1v) is 9.26. The minimum absolute atomic E-state index is 0.00812. The summed E-state index contributed by atoms with van der Waals surface area (Å²) in [5.74, 6) is 0.389. The van der Waals surface area contributed by atoms with Crippen LogP contribution >= 0.6 is 0 Å². The average Bonchev–Trinajstić information content (AvgIpc) is 3.41. The second kappa shape index (κ2) is 7.11. The second-order valence-electron chi connectivity index (χ2n) is 7.19. The lowest BCUT2D eigenvalue weighted by Gasteiger charge is -2.31. The summed E-state index contributed by atoms with van der Waals surface area (Å²) in [6, 6.07) is 8.00. The average molecular weight is 356 g/mol. The van der Waals surface area contributed by atoms with Crippen molar-refractivity contribution in [2.45, 2.75) is 38.3 Å². The molecule has 26 heavy (non-hydrogen) atoms. The van der Waals surface area contributed by atoms with Crippen molar-refractivity contribution in [1.82, 2.24) is 10.2 Å². The Morgan fingerprint density at radius 2 is 1.92 bits per heavy atom. The molecule has 2 fully saturated rings. The number of amides is 2. The van der Waals surface area contributed by atoms with Gasteiger partial charge in [0.05, 0.1) is 6.61 Å². The summed E-state index contributed by atoms with van der Waals surface area (Å²) in [5.41, 5.74) is 1.49. The van der Waals surface area contributed by atoms with Crippen molar-refractivity contribution in [2.75, 3.05) is 20.2 Å². The number of carbonyl (C=O) groups is 2. The van der Waals surface area contributed by atoms with Gasteiger partial charge in [0.1, 0.15) is 5.58 Å². The van der Waals surface area contributed by atoms with Gasteiger partial charge in [-0.15, -0.1) is 0 Å². The Morgan fingerprint density at radius 3 is 2.62 bits per heavy atom. The Morgan fingerprint density at radius 1 is 1.19 bits per heavy atom. The number of likely N-dealkylation sites (tertiary alicyclic amines) is 1. The summed E-state index contributed by atoms with van der Waals surface area (Å²) in [5, 5.41) is 3.98. The van der Waals surface area contributed by atoms with Gasteiger partial charge in [-0.3, -0.25) is 9.59 Å². The Hall–Kier alpha value is -2.34. The lowest BCUT2D eigenvalue weighted by molar-refractivity contribution is -0.126. The molecule has 1 aromatic heterocycles. The molecule has 6 nitrogen and oxygen atoms in total. The third-order valence-corrected chi connectivity index (χ3v) is 5.26. The van der Waals surface area contributed by atoms with E-state index in [2.05, 4.69) is 5.32 Å². The van der Waals surface area contributed by atoms with Crippen LogP contribution < -0.4 is 5.32 Å². The molecule has 1 saturated carbocycles. The molecule has 1 aromatic carbocycles. The highest BCUT2D eigenvalue weighted by Gasteiger charge is 2.33. The van der Waals surface area contributed by atoms with Gasteiger partial charge < -0.3 is 19.4 Å². The Bertz CT molecular complexity index is 816. The number of nitrogens with one attached hydrogen (secondary N) is 1. The summed E-state index contributed by atoms with van der Waals surface area (Å²) >= 11 is 0. The number of rotatable bonds is 5. The van der Waals surface area contributed by atoms with E-state index in [0.29, 0.717) is 49.9 Å². The van der Waals surface area contributed by atoms with E-state index in [1.54, 1.807) is 12.0 Å². The van der Waals surface area contributed by atoms with Crippen molar-refractivity contribution in [1.29, 1.82) is 0 Å². The molecule has 2 heterocycles. The SMILES string of the molecule is COCc1c(C(=O)N2CCC(C(=O)NC3CC3)CC2)oc2ccccc12. The Kier molecular flexibility index (Phi) is 4.68. The molecule has 0 unspecified atom stereocenters. The van der Waals surface area contributed by atoms with Crippen molar-refractivity contribution in [3.8, 4) is 0 Å². The molecule has 1 aliphatic heterocycles. The van der Waals surface area contributed by atoms with Crippen molar-refractivity contribution in [3.05, 3.63) is 35.6 Å². The molecule has 0 bridgehead atoms. The number of benzene rings is 1. The van der Waals surface area contributed by atoms with Crippen LogP contribution in [-0.4, -0.2) is 43.0 Å². The zero-order chi connectivity index (χ0) is 18.1. The normalized spacial score (nSPS) is 18.3. The number of furan rings is 1. The molecule has 2 aliphatic rings. The molecule has 0 radical (unpaired) electrons. The molecule has 0 atom stereocenters. The number of carbonyl (C=O) groups excluding carboxylic acids is 2. The minimum Gasteiger partial charge on any atom is -0.451 e. The molecule has 1 saturated heterocycles. The molecule has 1 N–H and O–H groups in total. The molecule has 6 heteroatoms. The molecule has 2 amide bonds. The van der Waals surface area contributed by atoms with E-state index < -0.39 is 0 Å². The van der Waals surface area contributed by atoms with Crippen LogP contribution in [0.15, 0.2) is 28.7 Å². The quantitative estimate of drug-likeness (QED) is 0.894. The summed E-state index contributed by atoms with van der Waals surface area (Å²) in [6.45, 7) is 1.48. The summed E-state index contributed by atoms with van der Waals surface area (Å²) in [6.07, 6.45) is 3.59. The third kappa shape index (κ3) is 3.33. The van der Waals surface area contributed by atoms with Crippen molar-refractivity contribution >= 4 is 22.8 Å². The van der Waals surface area contributed by atoms with Crippen LogP contribution in [0.3, 0.4) is 0 Å². The van der Waals surface area contributed by atoms with Gasteiger partial charge in [0.25, 0.3) is 5.91 Å². The van der Waals surface area contributed by atoms with Gasteiger partial charge >= 0.3 is 0 Å². The fraction of sp³-hybridized carbons (Fsp3) is 0.500. The van der Waals surface area contributed by atoms with E-state index in [1.165, 1.54) is 0 Å². The van der Waals surface area contributed by atoms with Gasteiger partial charge in [-0.2, -0.15) is 0 Å². The van der Waals surface area contributed by atoms with Crippen LogP contribution in [0.25, 0.3) is 11.0 Å². The van der Waals surface area contributed by atoms with E-state index in [4.69, 9.17) is 9.15 Å². The van der Waals surface area contributed by atoms with Crippen molar-refractivity contribution in [2.24, 2.45) is 5.92 Å². The van der Waals surface area contributed by atoms with Crippen molar-refractivity contribution in [3.63, 3.8) is 0 Å². The van der Waals surface area contributed by atoms with E-state index >= 15 is 0 Å². The first kappa shape index (κ1) is 17.1. The maximum atomic E-state index is 13.0. The molecule has 0 spiro atoms. The lowest BCUT2D eigenvalue weighted by Crippen LogP contribution is -2.43. The van der Waals surface area contributed by atoms with Gasteiger partial charge in [-0.1, -0.05) is 18.2 Å². The fourth-order valence-electron chi connectivity index (χ4n) is 3.59. The zero-order valence-electron chi connectivity index (χ0n) is 15.0. The monoisotopic (exact) mass is 356 g/mol. The highest BCUT2D eigenvalue weighted by Crippen LogP contribution is 2.29. The van der Waals surface area contributed by atoms with E-state index in [-0.39, 0.29) is 17.7 Å². The minimum atomic E-state index is -0.116. The number of hydrogen-bond donors (Lipinski definition) is 1. The second-order valence-corrected chi connectivity index (χ2v) is 7.19. The molecular weight excluding hydrogens is 332 g/mol. The third-order valence-electron chi connectivity index (χ3n) is 5.26. The number of methoxy groups -OCH3 is 1. The Balaban J connectivity index is 1.47. The van der Waals surface area contributed by atoms with Crippen LogP contribution in [0.4, 0.5) is 0 Å². The number of piperidine rings is 1. The number of ether oxygens (including phenoxy) is 1. The first-order valence-electron chi connectivity index (χ1n) is 9.26. The van der Waals surface area contributed by atoms with Crippen molar-refractivity contribution < 1.29 is 18.7 Å². The maximum Gasteiger partial charge on any atom is 0.289 e. The Labute approximate surface area is 152 Å². The van der Waals surface area contributed by atoms with Crippen LogP contribution in [0.1, 0.15) is 41.8 Å². The molecular formula is C20H24N2O4. The van der Waals surface area contributed by atoms with Gasteiger partial charge in [-0.25, -0.2) is 0 Å². The smallest absolute Gasteiger partial charge is 0.289 e. The highest BCUT2D eigenvalue weighted by molar-refractivity contribution is 5.99. The van der Waals surface area contributed by atoms with Gasteiger partial charge in [0, 0.05) is 43.1 Å². The van der Waals surface area contributed by atoms with E-state index in [0.717, 1.165) is 23.8 Å². The fourth-order valence-corrected chi connectivity index (χ4v) is 3.59. The number of hydrogen-bond acceptors (Lipinski definition) is 4. The van der Waals surface area contributed by atoms with E-state index in [9.17, 15) is 9.59 Å². The zero-order valence-corrected chi connectivity index (χ0v) is 15.0. The summed E-state index contributed by atoms with van der Waals surface area (Å²) in [7, 11) is 1.61. The first-order chi connectivity index (χ1) is 12.7. The van der Waals surface area contributed by atoms with Crippen LogP contribution in [0, 0.1) is 5.92 Å². The predicted octanol–water partition coefficient (Wildman–Crippen LogP) is 2.71. The van der Waals surface area contributed by atoms with Crippen LogP contribution in [0.5, 0.6) is 0 Å². The van der Waals surface area contributed by atoms with Crippen LogP contribution in [-0.2, 0) is 16.1 Å². The van der Waals surface area contributed by atoms with E-state index in [1.807, 2.05) is 24.3 Å². The highest BCUT2D eigenvalue weighted by atomic mass is 16.5. The number of para-hydroxylation sites is 1. The molecule has 1 aliphatic carbocycles. The summed E-state index contributed by atoms with van der Waals surface area (Å²) in [4.78, 5) is 27.0. The lowest BCUT2D eigenvalue weighted by atomic mass is 9.95.